The van der Waals surface area contributed by atoms with Gasteiger partial charge in [-0.2, -0.15) is 0 Å². The fraction of sp³-hybridized carbons (Fsp3) is 0.706. The van der Waals surface area contributed by atoms with Gasteiger partial charge >= 0.3 is 0 Å². The number of nitrogens with one attached hydrogen (secondary N) is 1. The maximum absolute atomic E-state index is 4.64. The smallest absolute Gasteiger partial charge is 0.0471 e. The number of aryl methyl sites for hydroxylation is 1. The largest absolute Gasteiger partial charge is 0.316 e. The zero-order valence-corrected chi connectivity index (χ0v) is 12.9. The first-order chi connectivity index (χ1) is 9.00. The summed E-state index contributed by atoms with van der Waals surface area (Å²) in [5, 5.41) is 3.57. The molecule has 106 valence electrons. The molecule has 0 aliphatic heterocycles. The highest BCUT2D eigenvalue weighted by Gasteiger charge is 2.35. The minimum absolute atomic E-state index is 0.337. The first-order valence-electron chi connectivity index (χ1n) is 7.65. The Bertz CT molecular complexity index is 409. The summed E-state index contributed by atoms with van der Waals surface area (Å²) >= 11 is 0. The molecule has 2 rings (SSSR count). The predicted molar refractivity (Wildman–Crippen MR) is 81.4 cm³/mol. The van der Waals surface area contributed by atoms with Gasteiger partial charge in [-0.15, -0.1) is 0 Å². The van der Waals surface area contributed by atoms with Crippen LogP contribution in [0.2, 0.25) is 0 Å². The third-order valence-corrected chi connectivity index (χ3v) is 4.40. The third kappa shape index (κ3) is 3.56. The van der Waals surface area contributed by atoms with Crippen molar-refractivity contribution in [1.82, 2.24) is 10.3 Å². The quantitative estimate of drug-likeness (QED) is 0.788. The van der Waals surface area contributed by atoms with Crippen LogP contribution in [0.25, 0.3) is 0 Å². The first kappa shape index (κ1) is 14.5. The maximum Gasteiger partial charge on any atom is 0.0471 e. The Balaban J connectivity index is 1.93. The molecule has 1 heterocycles. The van der Waals surface area contributed by atoms with E-state index in [4.69, 9.17) is 0 Å². The summed E-state index contributed by atoms with van der Waals surface area (Å²) in [5.74, 6) is 1.36. The van der Waals surface area contributed by atoms with Crippen molar-refractivity contribution < 1.29 is 0 Å². The van der Waals surface area contributed by atoms with E-state index in [-0.39, 0.29) is 0 Å². The lowest BCUT2D eigenvalue weighted by molar-refractivity contribution is 0.252. The van der Waals surface area contributed by atoms with Crippen LogP contribution in [0, 0.1) is 11.3 Å². The molecule has 1 N–H and O–H groups in total. The highest BCUT2D eigenvalue weighted by atomic mass is 14.9. The van der Waals surface area contributed by atoms with Gasteiger partial charge in [-0.1, -0.05) is 33.8 Å². The van der Waals surface area contributed by atoms with Crippen molar-refractivity contribution in [2.75, 3.05) is 13.1 Å². The van der Waals surface area contributed by atoms with Gasteiger partial charge in [0.25, 0.3) is 0 Å². The SMILES string of the molecule is CC(C)CNCCC(C)(C)C1CCc2cccnc21. The van der Waals surface area contributed by atoms with Crippen molar-refractivity contribution in [1.29, 1.82) is 0 Å². The van der Waals surface area contributed by atoms with Crippen molar-refractivity contribution in [2.24, 2.45) is 11.3 Å². The van der Waals surface area contributed by atoms with Crippen LogP contribution in [0.5, 0.6) is 0 Å². The first-order valence-corrected chi connectivity index (χ1v) is 7.65. The van der Waals surface area contributed by atoms with Crippen molar-refractivity contribution >= 4 is 0 Å². The molecule has 0 saturated heterocycles. The topological polar surface area (TPSA) is 24.9 Å². The minimum atomic E-state index is 0.337. The van der Waals surface area contributed by atoms with Crippen molar-refractivity contribution in [3.63, 3.8) is 0 Å². The van der Waals surface area contributed by atoms with Gasteiger partial charge in [0.1, 0.15) is 0 Å². The van der Waals surface area contributed by atoms with Gasteiger partial charge in [-0.3, -0.25) is 4.98 Å². The monoisotopic (exact) mass is 260 g/mol. The zero-order valence-electron chi connectivity index (χ0n) is 12.9. The normalized spacial score (nSPS) is 18.9. The second-order valence-electron chi connectivity index (χ2n) is 6.98. The molecule has 0 radical (unpaired) electrons. The summed E-state index contributed by atoms with van der Waals surface area (Å²) < 4.78 is 0. The number of hydrogen-bond donors (Lipinski definition) is 1. The summed E-state index contributed by atoms with van der Waals surface area (Å²) in [5.41, 5.74) is 3.16. The summed E-state index contributed by atoms with van der Waals surface area (Å²) in [6, 6.07) is 4.31. The highest BCUT2D eigenvalue weighted by molar-refractivity contribution is 5.30. The van der Waals surface area contributed by atoms with Crippen molar-refractivity contribution in [3.8, 4) is 0 Å². The van der Waals surface area contributed by atoms with Crippen LogP contribution in [-0.2, 0) is 6.42 Å². The molecule has 0 fully saturated rings. The molecule has 0 bridgehead atoms. The minimum Gasteiger partial charge on any atom is -0.316 e. The molecule has 0 aromatic carbocycles. The number of aromatic nitrogens is 1. The zero-order chi connectivity index (χ0) is 13.9. The van der Waals surface area contributed by atoms with E-state index < -0.39 is 0 Å². The van der Waals surface area contributed by atoms with Gasteiger partial charge in [0.2, 0.25) is 0 Å². The molecule has 1 aromatic heterocycles. The Kier molecular flexibility index (Phi) is 4.62. The van der Waals surface area contributed by atoms with Gasteiger partial charge in [0.15, 0.2) is 0 Å². The Morgan fingerprint density at radius 3 is 2.95 bits per heavy atom. The number of fused-ring (bicyclic) bond motifs is 1. The standard InChI is InChI=1S/C17H28N2/c1-13(2)12-18-11-9-17(3,4)15-8-7-14-6-5-10-19-16(14)15/h5-6,10,13,15,18H,7-9,11-12H2,1-4H3. The van der Waals surface area contributed by atoms with E-state index >= 15 is 0 Å². The predicted octanol–water partition coefficient (Wildman–Crippen LogP) is 3.77. The number of rotatable bonds is 6. The van der Waals surface area contributed by atoms with Gasteiger partial charge in [0, 0.05) is 17.8 Å². The van der Waals surface area contributed by atoms with Gasteiger partial charge in [-0.25, -0.2) is 0 Å². The summed E-state index contributed by atoms with van der Waals surface area (Å²) in [6.45, 7) is 11.6. The number of hydrogen-bond acceptors (Lipinski definition) is 2. The van der Waals surface area contributed by atoms with E-state index in [1.165, 1.54) is 30.5 Å². The highest BCUT2D eigenvalue weighted by Crippen LogP contribution is 2.45. The molecule has 0 amide bonds. The van der Waals surface area contributed by atoms with Crippen molar-refractivity contribution in [2.45, 2.75) is 52.9 Å². The van der Waals surface area contributed by atoms with E-state index in [0.29, 0.717) is 11.3 Å². The summed E-state index contributed by atoms with van der Waals surface area (Å²) in [6.07, 6.45) is 5.64. The second-order valence-corrected chi connectivity index (χ2v) is 6.98. The average molecular weight is 260 g/mol. The lowest BCUT2D eigenvalue weighted by Crippen LogP contribution is -2.29. The Morgan fingerprint density at radius 2 is 2.21 bits per heavy atom. The lowest BCUT2D eigenvalue weighted by Gasteiger charge is -2.32. The molecule has 19 heavy (non-hydrogen) atoms. The van der Waals surface area contributed by atoms with E-state index in [9.17, 15) is 0 Å². The molecule has 1 aliphatic rings. The Morgan fingerprint density at radius 1 is 1.42 bits per heavy atom. The second kappa shape index (κ2) is 6.04. The molecule has 2 heteroatoms. The molecule has 2 nitrogen and oxygen atoms in total. The van der Waals surface area contributed by atoms with Crippen LogP contribution < -0.4 is 5.32 Å². The molecule has 1 atom stereocenters. The van der Waals surface area contributed by atoms with Crippen LogP contribution in [-0.4, -0.2) is 18.1 Å². The Hall–Kier alpha value is -0.890. The van der Waals surface area contributed by atoms with Crippen LogP contribution in [0.1, 0.15) is 57.7 Å². The maximum atomic E-state index is 4.64. The average Bonchev–Trinajstić information content (AvgIpc) is 2.79. The van der Waals surface area contributed by atoms with Crippen LogP contribution in [0.4, 0.5) is 0 Å². The summed E-state index contributed by atoms with van der Waals surface area (Å²) in [4.78, 5) is 4.64. The molecule has 1 aromatic rings. The molecular formula is C17H28N2. The molecule has 0 saturated carbocycles. The number of pyridine rings is 1. The summed E-state index contributed by atoms with van der Waals surface area (Å²) in [7, 11) is 0. The van der Waals surface area contributed by atoms with E-state index in [0.717, 1.165) is 19.0 Å². The lowest BCUT2D eigenvalue weighted by atomic mass is 9.74. The molecule has 0 spiro atoms. The van der Waals surface area contributed by atoms with Crippen LogP contribution >= 0.6 is 0 Å². The fourth-order valence-corrected chi connectivity index (χ4v) is 3.15. The number of nitrogens with zero attached hydrogens (tertiary/aromatic N) is 1. The third-order valence-electron chi connectivity index (χ3n) is 4.40. The van der Waals surface area contributed by atoms with Gasteiger partial charge in [-0.05, 0) is 55.3 Å². The van der Waals surface area contributed by atoms with E-state index in [1.807, 2.05) is 6.20 Å². The molecule has 1 unspecified atom stereocenters. The van der Waals surface area contributed by atoms with Crippen LogP contribution in [0.3, 0.4) is 0 Å². The van der Waals surface area contributed by atoms with E-state index in [1.54, 1.807) is 0 Å². The van der Waals surface area contributed by atoms with Crippen LogP contribution in [0.15, 0.2) is 18.3 Å². The molecule has 1 aliphatic carbocycles. The Labute approximate surface area is 118 Å². The van der Waals surface area contributed by atoms with Gasteiger partial charge in [0.05, 0.1) is 0 Å². The van der Waals surface area contributed by atoms with Gasteiger partial charge < -0.3 is 5.32 Å². The van der Waals surface area contributed by atoms with E-state index in [2.05, 4.69) is 50.1 Å². The molecular weight excluding hydrogens is 232 g/mol. The fourth-order valence-electron chi connectivity index (χ4n) is 3.15. The van der Waals surface area contributed by atoms with Crippen molar-refractivity contribution in [3.05, 3.63) is 29.6 Å².